The van der Waals surface area contributed by atoms with Crippen LogP contribution in [0.15, 0.2) is 48.5 Å². The average molecular weight is 315 g/mol. The molecule has 0 aromatic heterocycles. The Morgan fingerprint density at radius 3 is 2.43 bits per heavy atom. The van der Waals surface area contributed by atoms with Crippen molar-refractivity contribution in [3.05, 3.63) is 59.9 Å². The van der Waals surface area contributed by atoms with Crippen LogP contribution in [-0.4, -0.2) is 11.9 Å². The molecule has 0 saturated carbocycles. The highest BCUT2D eigenvalue weighted by Gasteiger charge is 2.10. The summed E-state index contributed by atoms with van der Waals surface area (Å²) in [4.78, 5) is 23.4. The number of rotatable bonds is 6. The van der Waals surface area contributed by atoms with Gasteiger partial charge in [-0.1, -0.05) is 29.8 Å². The molecule has 2 rings (SSSR count). The molecule has 23 heavy (non-hydrogen) atoms. The Hall–Kier alpha value is -2.69. The fourth-order valence-electron chi connectivity index (χ4n) is 1.95. The molecule has 0 saturated heterocycles. The van der Waals surface area contributed by atoms with Crippen LogP contribution in [0, 0.1) is 12.7 Å². The SMILES string of the molecule is Cc1ccc(NC(=O)CCCC(=O)Oc2ccccc2F)cc1. The van der Waals surface area contributed by atoms with Crippen LogP contribution in [0.2, 0.25) is 0 Å². The maximum absolute atomic E-state index is 13.3. The number of anilines is 1. The highest BCUT2D eigenvalue weighted by atomic mass is 19.1. The van der Waals surface area contributed by atoms with E-state index in [1.165, 1.54) is 18.2 Å². The summed E-state index contributed by atoms with van der Waals surface area (Å²) >= 11 is 0. The van der Waals surface area contributed by atoms with Gasteiger partial charge in [0.25, 0.3) is 0 Å². The average Bonchev–Trinajstić information content (AvgIpc) is 2.52. The topological polar surface area (TPSA) is 55.4 Å². The van der Waals surface area contributed by atoms with Gasteiger partial charge >= 0.3 is 5.97 Å². The van der Waals surface area contributed by atoms with Crippen molar-refractivity contribution in [2.45, 2.75) is 26.2 Å². The Labute approximate surface area is 134 Å². The lowest BCUT2D eigenvalue weighted by molar-refractivity contribution is -0.134. The Kier molecular flexibility index (Phi) is 5.86. The maximum atomic E-state index is 13.3. The van der Waals surface area contributed by atoms with E-state index in [1.54, 1.807) is 6.07 Å². The summed E-state index contributed by atoms with van der Waals surface area (Å²) in [5, 5.41) is 2.75. The van der Waals surface area contributed by atoms with Crippen molar-refractivity contribution in [2.75, 3.05) is 5.32 Å². The van der Waals surface area contributed by atoms with E-state index in [2.05, 4.69) is 5.32 Å². The smallest absolute Gasteiger partial charge is 0.311 e. The van der Waals surface area contributed by atoms with Gasteiger partial charge in [0.2, 0.25) is 5.91 Å². The van der Waals surface area contributed by atoms with Gasteiger partial charge in [-0.2, -0.15) is 0 Å². The van der Waals surface area contributed by atoms with E-state index in [0.29, 0.717) is 6.42 Å². The molecule has 0 aliphatic rings. The molecule has 4 nitrogen and oxygen atoms in total. The van der Waals surface area contributed by atoms with Gasteiger partial charge in [0, 0.05) is 18.5 Å². The van der Waals surface area contributed by atoms with E-state index in [9.17, 15) is 14.0 Å². The van der Waals surface area contributed by atoms with Gasteiger partial charge in [0.05, 0.1) is 0 Å². The molecule has 2 aromatic carbocycles. The van der Waals surface area contributed by atoms with Crippen LogP contribution in [0.5, 0.6) is 5.75 Å². The standard InChI is InChI=1S/C18H18FNO3/c1-13-9-11-14(12-10-13)20-17(21)7-4-8-18(22)23-16-6-3-2-5-15(16)19/h2-3,5-6,9-12H,4,7-8H2,1H3,(H,20,21). The number of amides is 1. The first-order valence-electron chi connectivity index (χ1n) is 7.36. The van der Waals surface area contributed by atoms with E-state index in [0.717, 1.165) is 11.3 Å². The number of carbonyl (C=O) groups is 2. The zero-order chi connectivity index (χ0) is 16.7. The van der Waals surface area contributed by atoms with Crippen molar-refractivity contribution < 1.29 is 18.7 Å². The van der Waals surface area contributed by atoms with E-state index in [-0.39, 0.29) is 24.5 Å². The lowest BCUT2D eigenvalue weighted by atomic mass is 10.2. The highest BCUT2D eigenvalue weighted by Crippen LogP contribution is 2.16. The molecule has 120 valence electrons. The molecule has 2 aromatic rings. The number of para-hydroxylation sites is 1. The van der Waals surface area contributed by atoms with Gasteiger partial charge in [-0.15, -0.1) is 0 Å². The molecule has 5 heteroatoms. The van der Waals surface area contributed by atoms with Gasteiger partial charge in [-0.05, 0) is 37.6 Å². The van der Waals surface area contributed by atoms with Crippen LogP contribution in [0.1, 0.15) is 24.8 Å². The van der Waals surface area contributed by atoms with Gasteiger partial charge in [0.1, 0.15) is 0 Å². The minimum Gasteiger partial charge on any atom is -0.423 e. The summed E-state index contributed by atoms with van der Waals surface area (Å²) in [5.74, 6) is -1.41. The van der Waals surface area contributed by atoms with Crippen molar-refractivity contribution in [1.82, 2.24) is 0 Å². The van der Waals surface area contributed by atoms with Crippen LogP contribution in [0.3, 0.4) is 0 Å². The molecule has 0 aliphatic carbocycles. The summed E-state index contributed by atoms with van der Waals surface area (Å²) in [6.07, 6.45) is 0.584. The Bertz CT molecular complexity index is 683. The van der Waals surface area contributed by atoms with Crippen LogP contribution in [0.4, 0.5) is 10.1 Å². The first-order chi connectivity index (χ1) is 11.0. The minimum atomic E-state index is -0.585. The highest BCUT2D eigenvalue weighted by molar-refractivity contribution is 5.90. The van der Waals surface area contributed by atoms with Gasteiger partial charge in [-0.25, -0.2) is 4.39 Å². The summed E-state index contributed by atoms with van der Waals surface area (Å²) < 4.78 is 18.2. The molecule has 1 N–H and O–H groups in total. The number of aryl methyl sites for hydroxylation is 1. The van der Waals surface area contributed by atoms with Crippen molar-refractivity contribution in [2.24, 2.45) is 0 Å². The van der Waals surface area contributed by atoms with Crippen LogP contribution < -0.4 is 10.1 Å². The molecule has 0 fully saturated rings. The largest absolute Gasteiger partial charge is 0.423 e. The van der Waals surface area contributed by atoms with Crippen molar-refractivity contribution in [1.29, 1.82) is 0 Å². The number of benzene rings is 2. The lowest BCUT2D eigenvalue weighted by Gasteiger charge is -2.06. The zero-order valence-corrected chi connectivity index (χ0v) is 12.8. The Balaban J connectivity index is 1.72. The molecule has 0 radical (unpaired) electrons. The first kappa shape index (κ1) is 16.7. The summed E-state index contributed by atoms with van der Waals surface area (Å²) in [6, 6.07) is 13.2. The molecule has 0 unspecified atom stereocenters. The predicted molar refractivity (Wildman–Crippen MR) is 85.7 cm³/mol. The number of esters is 1. The second-order valence-corrected chi connectivity index (χ2v) is 5.17. The summed E-state index contributed by atoms with van der Waals surface area (Å²) in [6.45, 7) is 1.97. The van der Waals surface area contributed by atoms with Gasteiger partial charge in [-0.3, -0.25) is 9.59 Å². The number of hydrogen-bond donors (Lipinski definition) is 1. The fraction of sp³-hybridized carbons (Fsp3) is 0.222. The van der Waals surface area contributed by atoms with Crippen LogP contribution in [-0.2, 0) is 9.59 Å². The lowest BCUT2D eigenvalue weighted by Crippen LogP contribution is -2.13. The monoisotopic (exact) mass is 315 g/mol. The fourth-order valence-corrected chi connectivity index (χ4v) is 1.95. The van der Waals surface area contributed by atoms with Crippen molar-refractivity contribution in [3.63, 3.8) is 0 Å². The molecular weight excluding hydrogens is 297 g/mol. The second kappa shape index (κ2) is 8.08. The summed E-state index contributed by atoms with van der Waals surface area (Å²) in [5.41, 5.74) is 1.83. The molecule has 0 heterocycles. The molecule has 1 amide bonds. The second-order valence-electron chi connectivity index (χ2n) is 5.17. The van der Waals surface area contributed by atoms with Gasteiger partial charge in [0.15, 0.2) is 11.6 Å². The normalized spacial score (nSPS) is 10.2. The molecule has 0 bridgehead atoms. The van der Waals surface area contributed by atoms with E-state index < -0.39 is 11.8 Å². The van der Waals surface area contributed by atoms with Gasteiger partial charge < -0.3 is 10.1 Å². The molecule has 0 atom stereocenters. The number of ether oxygens (including phenoxy) is 1. The molecule has 0 spiro atoms. The van der Waals surface area contributed by atoms with E-state index >= 15 is 0 Å². The predicted octanol–water partition coefficient (Wildman–Crippen LogP) is 3.85. The third kappa shape index (κ3) is 5.54. The van der Waals surface area contributed by atoms with Crippen LogP contribution >= 0.6 is 0 Å². The number of hydrogen-bond acceptors (Lipinski definition) is 3. The van der Waals surface area contributed by atoms with Crippen LogP contribution in [0.25, 0.3) is 0 Å². The first-order valence-corrected chi connectivity index (χ1v) is 7.36. The number of carbonyl (C=O) groups excluding carboxylic acids is 2. The molecular formula is C18H18FNO3. The maximum Gasteiger partial charge on any atom is 0.311 e. The van der Waals surface area contributed by atoms with E-state index in [1.807, 2.05) is 31.2 Å². The third-order valence-electron chi connectivity index (χ3n) is 3.18. The minimum absolute atomic E-state index is 0.0512. The Morgan fingerprint density at radius 2 is 1.74 bits per heavy atom. The zero-order valence-electron chi connectivity index (χ0n) is 12.8. The van der Waals surface area contributed by atoms with Crippen molar-refractivity contribution >= 4 is 17.6 Å². The van der Waals surface area contributed by atoms with Crippen molar-refractivity contribution in [3.8, 4) is 5.75 Å². The molecule has 0 aliphatic heterocycles. The Morgan fingerprint density at radius 1 is 1.04 bits per heavy atom. The summed E-state index contributed by atoms with van der Waals surface area (Å²) in [7, 11) is 0. The van der Waals surface area contributed by atoms with E-state index in [4.69, 9.17) is 4.74 Å². The number of nitrogens with one attached hydrogen (secondary N) is 1. The quantitative estimate of drug-likeness (QED) is 0.651. The third-order valence-corrected chi connectivity index (χ3v) is 3.18. The number of halogens is 1.